The van der Waals surface area contributed by atoms with Crippen molar-refractivity contribution in [2.75, 3.05) is 25.0 Å². The molecule has 0 bridgehead atoms. The van der Waals surface area contributed by atoms with Gasteiger partial charge in [0.2, 0.25) is 0 Å². The van der Waals surface area contributed by atoms with Gasteiger partial charge >= 0.3 is 0 Å². The molecule has 1 fully saturated rings. The smallest absolute Gasteiger partial charge is 0.191 e. The Bertz CT molecular complexity index is 970. The van der Waals surface area contributed by atoms with E-state index >= 15 is 0 Å². The molecule has 29 heavy (non-hydrogen) atoms. The molecule has 3 aromatic rings. The van der Waals surface area contributed by atoms with Crippen molar-refractivity contribution in [1.82, 2.24) is 25.4 Å². The third-order valence-electron chi connectivity index (χ3n) is 4.91. The van der Waals surface area contributed by atoms with E-state index in [0.717, 1.165) is 42.5 Å². The second kappa shape index (κ2) is 8.96. The number of nitrogens with zero attached hydrogens (tertiary/aromatic N) is 5. The van der Waals surface area contributed by atoms with Crippen LogP contribution in [0.3, 0.4) is 0 Å². The molecule has 1 aliphatic rings. The molecular formula is C21H24ClN7. The summed E-state index contributed by atoms with van der Waals surface area (Å²) >= 11 is 6.28. The van der Waals surface area contributed by atoms with Gasteiger partial charge in [0.25, 0.3) is 0 Å². The highest BCUT2D eigenvalue weighted by molar-refractivity contribution is 6.32. The highest BCUT2D eigenvalue weighted by Gasteiger charge is 2.25. The van der Waals surface area contributed by atoms with E-state index in [1.165, 1.54) is 0 Å². The van der Waals surface area contributed by atoms with Gasteiger partial charge in [0, 0.05) is 50.7 Å². The van der Waals surface area contributed by atoms with Crippen LogP contribution in [0.25, 0.3) is 5.69 Å². The predicted molar refractivity (Wildman–Crippen MR) is 117 cm³/mol. The minimum Gasteiger partial charge on any atom is -0.353 e. The lowest BCUT2D eigenvalue weighted by molar-refractivity contribution is 0.648. The second-order valence-corrected chi connectivity index (χ2v) is 7.35. The summed E-state index contributed by atoms with van der Waals surface area (Å²) in [5.74, 6) is 1.62. The zero-order valence-electron chi connectivity index (χ0n) is 16.3. The van der Waals surface area contributed by atoms with Gasteiger partial charge in [0.1, 0.15) is 5.82 Å². The van der Waals surface area contributed by atoms with Crippen molar-refractivity contribution >= 4 is 23.4 Å². The molecule has 3 heterocycles. The summed E-state index contributed by atoms with van der Waals surface area (Å²) in [7, 11) is 1.78. The predicted octanol–water partition coefficient (Wildman–Crippen LogP) is 2.86. The van der Waals surface area contributed by atoms with Gasteiger partial charge in [-0.15, -0.1) is 0 Å². The fourth-order valence-corrected chi connectivity index (χ4v) is 3.67. The monoisotopic (exact) mass is 409 g/mol. The maximum absolute atomic E-state index is 6.28. The molecule has 1 aliphatic heterocycles. The summed E-state index contributed by atoms with van der Waals surface area (Å²) in [5, 5.41) is 12.0. The Morgan fingerprint density at radius 1 is 1.24 bits per heavy atom. The Morgan fingerprint density at radius 3 is 2.90 bits per heavy atom. The van der Waals surface area contributed by atoms with Gasteiger partial charge in [-0.2, -0.15) is 5.10 Å². The van der Waals surface area contributed by atoms with Gasteiger partial charge in [-0.25, -0.2) is 9.67 Å². The normalized spacial score (nSPS) is 16.8. The molecule has 0 amide bonds. The molecule has 0 saturated carbocycles. The standard InChI is InChI=1S/C21H24ClN7/c1-23-21(25-12-16-13-26-29(14-16)18-6-3-2-4-7-18)27-17-9-11-28(15-17)20-19(22)8-5-10-24-20/h2-8,10,13-14,17H,9,11-12,15H2,1H3,(H2,23,25,27). The average Bonchev–Trinajstić information content (AvgIpc) is 3.42. The number of benzene rings is 1. The minimum absolute atomic E-state index is 0.284. The molecule has 1 atom stereocenters. The van der Waals surface area contributed by atoms with Gasteiger partial charge in [0.15, 0.2) is 5.96 Å². The number of nitrogens with one attached hydrogen (secondary N) is 2. The third kappa shape index (κ3) is 4.68. The second-order valence-electron chi connectivity index (χ2n) is 6.94. The van der Waals surface area contributed by atoms with Crippen molar-refractivity contribution in [3.05, 3.63) is 71.6 Å². The first kappa shape index (κ1) is 19.3. The fraction of sp³-hybridized carbons (Fsp3) is 0.286. The van der Waals surface area contributed by atoms with Gasteiger partial charge in [0.05, 0.1) is 16.9 Å². The van der Waals surface area contributed by atoms with Crippen molar-refractivity contribution < 1.29 is 0 Å². The molecule has 1 saturated heterocycles. The molecule has 0 aliphatic carbocycles. The SMILES string of the molecule is CN=C(NCc1cnn(-c2ccccc2)c1)NC1CCN(c2ncccc2Cl)C1. The quantitative estimate of drug-likeness (QED) is 0.501. The fourth-order valence-electron chi connectivity index (χ4n) is 3.43. The van der Waals surface area contributed by atoms with E-state index in [1.54, 1.807) is 13.2 Å². The largest absolute Gasteiger partial charge is 0.353 e. The summed E-state index contributed by atoms with van der Waals surface area (Å²) in [6.45, 7) is 2.40. The summed E-state index contributed by atoms with van der Waals surface area (Å²) < 4.78 is 1.87. The number of halogens is 1. The van der Waals surface area contributed by atoms with Crippen LogP contribution in [0, 0.1) is 0 Å². The average molecular weight is 410 g/mol. The lowest BCUT2D eigenvalue weighted by Gasteiger charge is -2.20. The summed E-state index contributed by atoms with van der Waals surface area (Å²) in [6.07, 6.45) is 6.67. The lowest BCUT2D eigenvalue weighted by atomic mass is 10.3. The van der Waals surface area contributed by atoms with Crippen LogP contribution in [0.2, 0.25) is 5.02 Å². The number of anilines is 1. The highest BCUT2D eigenvalue weighted by atomic mass is 35.5. The molecule has 1 aromatic carbocycles. The Morgan fingerprint density at radius 2 is 2.10 bits per heavy atom. The zero-order valence-corrected chi connectivity index (χ0v) is 17.0. The van der Waals surface area contributed by atoms with Crippen LogP contribution in [-0.2, 0) is 6.54 Å². The first-order valence-electron chi connectivity index (χ1n) is 9.64. The Labute approximate surface area is 175 Å². The van der Waals surface area contributed by atoms with E-state index in [2.05, 4.69) is 30.6 Å². The van der Waals surface area contributed by atoms with Crippen LogP contribution < -0.4 is 15.5 Å². The zero-order chi connectivity index (χ0) is 20.1. The van der Waals surface area contributed by atoms with Crippen molar-refractivity contribution in [2.45, 2.75) is 19.0 Å². The Kier molecular flexibility index (Phi) is 5.95. The van der Waals surface area contributed by atoms with Crippen LogP contribution in [0.5, 0.6) is 0 Å². The molecule has 4 rings (SSSR count). The van der Waals surface area contributed by atoms with E-state index in [9.17, 15) is 0 Å². The summed E-state index contributed by atoms with van der Waals surface area (Å²) in [5.41, 5.74) is 2.13. The molecule has 0 radical (unpaired) electrons. The van der Waals surface area contributed by atoms with Gasteiger partial charge in [-0.05, 0) is 30.7 Å². The Balaban J connectivity index is 1.31. The number of hydrogen-bond donors (Lipinski definition) is 2. The number of aliphatic imine (C=N–C) groups is 1. The number of rotatable bonds is 5. The molecule has 150 valence electrons. The van der Waals surface area contributed by atoms with Crippen LogP contribution in [0.15, 0.2) is 66.0 Å². The van der Waals surface area contributed by atoms with E-state index in [1.807, 2.05) is 59.5 Å². The lowest BCUT2D eigenvalue weighted by Crippen LogP contribution is -2.44. The minimum atomic E-state index is 0.284. The summed E-state index contributed by atoms with van der Waals surface area (Å²) in [6, 6.07) is 14.1. The molecule has 1 unspecified atom stereocenters. The molecule has 2 aromatic heterocycles. The highest BCUT2D eigenvalue weighted by Crippen LogP contribution is 2.25. The van der Waals surface area contributed by atoms with Crippen LogP contribution in [0.4, 0.5) is 5.82 Å². The van der Waals surface area contributed by atoms with E-state index in [4.69, 9.17) is 11.6 Å². The molecule has 0 spiro atoms. The maximum Gasteiger partial charge on any atom is 0.191 e. The maximum atomic E-state index is 6.28. The Hall–Kier alpha value is -3.06. The van der Waals surface area contributed by atoms with Gasteiger partial charge < -0.3 is 15.5 Å². The molecule has 2 N–H and O–H groups in total. The first-order chi connectivity index (χ1) is 14.2. The number of guanidine groups is 1. The molecule has 7 nitrogen and oxygen atoms in total. The van der Waals surface area contributed by atoms with Gasteiger partial charge in [-0.1, -0.05) is 29.8 Å². The summed E-state index contributed by atoms with van der Waals surface area (Å²) in [4.78, 5) is 11.0. The first-order valence-corrected chi connectivity index (χ1v) is 10.0. The number of pyridine rings is 1. The van der Waals surface area contributed by atoms with Gasteiger partial charge in [-0.3, -0.25) is 4.99 Å². The van der Waals surface area contributed by atoms with Crippen LogP contribution in [-0.4, -0.2) is 46.9 Å². The van der Waals surface area contributed by atoms with E-state index in [0.29, 0.717) is 11.6 Å². The topological polar surface area (TPSA) is 70.4 Å². The third-order valence-corrected chi connectivity index (χ3v) is 5.20. The molecule has 8 heteroatoms. The van der Waals surface area contributed by atoms with Crippen LogP contribution in [0.1, 0.15) is 12.0 Å². The molecular weight excluding hydrogens is 386 g/mol. The van der Waals surface area contributed by atoms with Crippen molar-refractivity contribution in [3.8, 4) is 5.69 Å². The number of para-hydroxylation sites is 1. The number of hydrogen-bond acceptors (Lipinski definition) is 4. The van der Waals surface area contributed by atoms with E-state index in [-0.39, 0.29) is 6.04 Å². The number of aromatic nitrogens is 3. The van der Waals surface area contributed by atoms with Crippen molar-refractivity contribution in [3.63, 3.8) is 0 Å². The van der Waals surface area contributed by atoms with Crippen LogP contribution >= 0.6 is 11.6 Å². The van der Waals surface area contributed by atoms with E-state index < -0.39 is 0 Å². The van der Waals surface area contributed by atoms with Crippen molar-refractivity contribution in [2.24, 2.45) is 4.99 Å². The van der Waals surface area contributed by atoms with Crippen molar-refractivity contribution in [1.29, 1.82) is 0 Å².